The van der Waals surface area contributed by atoms with Gasteiger partial charge in [-0.05, 0) is 65.3 Å². The van der Waals surface area contributed by atoms with Gasteiger partial charge in [0.05, 0.1) is 6.61 Å². The maximum atomic E-state index is 11.6. The molecule has 172 valence electrons. The third kappa shape index (κ3) is 18.3. The minimum Gasteiger partial charge on any atom is -0.464 e. The van der Waals surface area contributed by atoms with E-state index >= 15 is 0 Å². The second-order valence-electron chi connectivity index (χ2n) is 10.8. The highest BCUT2D eigenvalue weighted by atomic mass is 29.2. The predicted octanol–water partition coefficient (Wildman–Crippen LogP) is -0.763. The molecule has 29 heavy (non-hydrogen) atoms. The van der Waals surface area contributed by atoms with Crippen LogP contribution in [0.2, 0.25) is 63.2 Å². The van der Waals surface area contributed by atoms with E-state index in [0.717, 1.165) is 6.42 Å². The summed E-state index contributed by atoms with van der Waals surface area (Å²) < 4.78 is 25.4. The van der Waals surface area contributed by atoms with Crippen LogP contribution in [0.25, 0.3) is 0 Å². The van der Waals surface area contributed by atoms with Gasteiger partial charge in [0.15, 0.2) is 25.0 Å². The quantitative estimate of drug-likeness (QED) is 0.142. The standard InChI is InChI=1S/C15H46O5Si9/c1-11-14(16)17-13-12-15(21-24-18-27(2,3)4,22-25-19-28(5,6)7)23-26-20-29(8,9)10/h11H,1,12-13,21-26H2,2-10H3. The average Bonchev–Trinajstić information content (AvgIpc) is 2.50. The van der Waals surface area contributed by atoms with Crippen molar-refractivity contribution in [1.29, 1.82) is 0 Å². The van der Waals surface area contributed by atoms with Gasteiger partial charge in [0.2, 0.25) is 0 Å². The molecule has 0 unspecified atom stereocenters. The summed E-state index contributed by atoms with van der Waals surface area (Å²) in [4.78, 5) is 11.6. The molecule has 0 amide bonds. The number of carbonyl (C=O) groups excluding carboxylic acids is 1. The third-order valence-electron chi connectivity index (χ3n) is 4.55. The van der Waals surface area contributed by atoms with Gasteiger partial charge >= 0.3 is 5.97 Å². The van der Waals surface area contributed by atoms with E-state index in [1.165, 1.54) is 6.08 Å². The Kier molecular flexibility index (Phi) is 14.0. The largest absolute Gasteiger partial charge is 0.464 e. The minimum absolute atomic E-state index is 0.243. The van der Waals surface area contributed by atoms with Crippen molar-refractivity contribution in [2.45, 2.75) is 69.6 Å². The number of carbonyl (C=O) groups is 1. The van der Waals surface area contributed by atoms with E-state index in [9.17, 15) is 4.79 Å². The number of esters is 1. The van der Waals surface area contributed by atoms with Crippen molar-refractivity contribution in [2.24, 2.45) is 0 Å². The first-order valence-corrected chi connectivity index (χ1v) is 36.9. The molecule has 0 aromatic rings. The Labute approximate surface area is 195 Å². The molecule has 0 aromatic heterocycles. The van der Waals surface area contributed by atoms with Crippen molar-refractivity contribution in [3.05, 3.63) is 12.7 Å². The van der Waals surface area contributed by atoms with Crippen molar-refractivity contribution in [3.8, 4) is 0 Å². The van der Waals surface area contributed by atoms with Crippen LogP contribution in [0.15, 0.2) is 12.7 Å². The van der Waals surface area contributed by atoms with Crippen molar-refractivity contribution in [2.75, 3.05) is 6.61 Å². The summed E-state index contributed by atoms with van der Waals surface area (Å²) in [6.07, 6.45) is 2.35. The molecule has 0 aliphatic rings. The van der Waals surface area contributed by atoms with Crippen molar-refractivity contribution in [1.82, 2.24) is 0 Å². The van der Waals surface area contributed by atoms with Gasteiger partial charge in [-0.1, -0.05) is 10.9 Å². The molecule has 5 nitrogen and oxygen atoms in total. The monoisotopic (exact) mass is 558 g/mol. The van der Waals surface area contributed by atoms with Gasteiger partial charge in [0.25, 0.3) is 0 Å². The van der Waals surface area contributed by atoms with Crippen molar-refractivity contribution < 1.29 is 21.9 Å². The average molecular weight is 559 g/mol. The van der Waals surface area contributed by atoms with Gasteiger partial charge in [-0.2, -0.15) is 0 Å². The van der Waals surface area contributed by atoms with Gasteiger partial charge in [-0.15, -0.1) is 0 Å². The van der Waals surface area contributed by atoms with E-state index in [4.69, 9.17) is 17.1 Å². The van der Waals surface area contributed by atoms with Gasteiger partial charge in [-0.3, -0.25) is 0 Å². The molecule has 0 atom stereocenters. The molecule has 0 radical (unpaired) electrons. The van der Waals surface area contributed by atoms with Crippen LogP contribution in [-0.4, -0.2) is 92.5 Å². The van der Waals surface area contributed by atoms with Crippen molar-refractivity contribution in [3.63, 3.8) is 0 Å². The lowest BCUT2D eigenvalue weighted by Gasteiger charge is -2.35. The maximum absolute atomic E-state index is 11.6. The summed E-state index contributed by atoms with van der Waals surface area (Å²) >= 11 is 0. The Morgan fingerprint density at radius 2 is 1.14 bits per heavy atom. The van der Waals surface area contributed by atoms with E-state index in [1.54, 1.807) is 0 Å². The highest BCUT2D eigenvalue weighted by molar-refractivity contribution is 7.24. The zero-order valence-corrected chi connectivity index (χ0v) is 32.0. The number of ether oxygens (including phenoxy) is 1. The van der Waals surface area contributed by atoms with Crippen LogP contribution in [-0.2, 0) is 21.9 Å². The summed E-state index contributed by atoms with van der Waals surface area (Å²) in [5.41, 5.74) is 0. The molecule has 0 aliphatic heterocycles. The lowest BCUT2D eigenvalue weighted by molar-refractivity contribution is -0.137. The zero-order valence-electron chi connectivity index (χ0n) is 20.5. The Morgan fingerprint density at radius 3 is 1.41 bits per heavy atom. The fraction of sp³-hybridized carbons (Fsp3) is 0.800. The molecule has 0 rings (SSSR count). The van der Waals surface area contributed by atoms with Crippen LogP contribution in [0, 0.1) is 0 Å². The smallest absolute Gasteiger partial charge is 0.330 e. The highest BCUT2D eigenvalue weighted by Gasteiger charge is 2.34. The van der Waals surface area contributed by atoms with Gasteiger partial charge in [0, 0.05) is 33.2 Å². The zero-order chi connectivity index (χ0) is 22.8. The van der Waals surface area contributed by atoms with Crippen molar-refractivity contribution >= 4 is 85.9 Å². The molecule has 0 saturated carbocycles. The molecule has 0 spiro atoms. The SMILES string of the molecule is C=CC(=O)OCCC([SiH2][SiH2]O[Si](C)(C)C)([SiH2][SiH2]O[Si](C)(C)C)[SiH2][SiH2]O[Si](C)(C)C. The van der Waals surface area contributed by atoms with Crippen LogP contribution in [0.4, 0.5) is 0 Å². The number of hydrogen-bond donors (Lipinski definition) is 0. The maximum Gasteiger partial charge on any atom is 0.330 e. The summed E-state index contributed by atoms with van der Waals surface area (Å²) in [5.74, 6) is -0.286. The fourth-order valence-electron chi connectivity index (χ4n) is 2.90. The van der Waals surface area contributed by atoms with Gasteiger partial charge < -0.3 is 17.1 Å². The number of rotatable bonds is 16. The van der Waals surface area contributed by atoms with E-state index in [0.29, 0.717) is 10.9 Å². The van der Waals surface area contributed by atoms with Crippen LogP contribution in [0.5, 0.6) is 0 Å². The second-order valence-corrected chi connectivity index (χ2v) is 45.3. The van der Waals surface area contributed by atoms with E-state index in [-0.39, 0.29) is 33.1 Å². The third-order valence-corrected chi connectivity index (χ3v) is 58.2. The van der Waals surface area contributed by atoms with E-state index < -0.39 is 52.8 Å². The molecule has 0 aromatic carbocycles. The first kappa shape index (κ1) is 30.0. The van der Waals surface area contributed by atoms with E-state index in [2.05, 4.69) is 65.5 Å². The van der Waals surface area contributed by atoms with Crippen LogP contribution in [0.3, 0.4) is 0 Å². The Morgan fingerprint density at radius 1 is 0.793 bits per heavy atom. The Balaban J connectivity index is 5.25. The topological polar surface area (TPSA) is 54.0 Å². The minimum atomic E-state index is -1.43. The molecule has 0 heterocycles. The molecule has 0 fully saturated rings. The lowest BCUT2D eigenvalue weighted by atomic mass is 10.5. The molecule has 0 saturated heterocycles. The number of hydrogen-bond acceptors (Lipinski definition) is 5. The fourth-order valence-corrected chi connectivity index (χ4v) is 77.2. The van der Waals surface area contributed by atoms with Crippen LogP contribution in [0.1, 0.15) is 6.42 Å². The summed E-state index contributed by atoms with van der Waals surface area (Å²) in [7, 11) is -6.25. The summed E-state index contributed by atoms with van der Waals surface area (Å²) in [5, 5.41) is 0. The highest BCUT2D eigenvalue weighted by Crippen LogP contribution is 2.27. The summed E-state index contributed by atoms with van der Waals surface area (Å²) in [6.45, 7) is 24.9. The molecule has 0 N–H and O–H groups in total. The lowest BCUT2D eigenvalue weighted by Crippen LogP contribution is -2.47. The van der Waals surface area contributed by atoms with Gasteiger partial charge in [0.1, 0.15) is 27.8 Å². The second kappa shape index (κ2) is 13.6. The van der Waals surface area contributed by atoms with E-state index in [1.807, 2.05) is 0 Å². The predicted molar refractivity (Wildman–Crippen MR) is 153 cm³/mol. The molecular weight excluding hydrogens is 513 g/mol. The Hall–Kier alpha value is 1.04. The van der Waals surface area contributed by atoms with Crippen LogP contribution < -0.4 is 0 Å². The molecular formula is C15H46O5Si9. The normalized spacial score (nSPS) is 17.6. The first-order valence-electron chi connectivity index (χ1n) is 10.8. The van der Waals surface area contributed by atoms with Crippen LogP contribution >= 0.6 is 0 Å². The molecule has 0 aliphatic carbocycles. The first-order chi connectivity index (χ1) is 13.1. The summed E-state index contributed by atoms with van der Waals surface area (Å²) in [6, 6.07) is 0. The molecule has 14 heteroatoms. The van der Waals surface area contributed by atoms with Gasteiger partial charge in [-0.25, -0.2) is 4.79 Å². The Bertz CT molecular complexity index is 450. The molecule has 0 bridgehead atoms.